The molecule has 0 aliphatic carbocycles. The average Bonchev–Trinajstić information content (AvgIpc) is 2.49. The van der Waals surface area contributed by atoms with Crippen LogP contribution in [0.3, 0.4) is 0 Å². The fraction of sp³-hybridized carbons (Fsp3) is 0.167. The summed E-state index contributed by atoms with van der Waals surface area (Å²) < 4.78 is 15.3. The van der Waals surface area contributed by atoms with Crippen LogP contribution >= 0.6 is 0 Å². The Labute approximate surface area is 140 Å². The van der Waals surface area contributed by atoms with Crippen molar-refractivity contribution in [3.63, 3.8) is 0 Å². The van der Waals surface area contributed by atoms with Crippen molar-refractivity contribution in [2.75, 3.05) is 0 Å². The van der Waals surface area contributed by atoms with Gasteiger partial charge >= 0.3 is 17.9 Å². The van der Waals surface area contributed by atoms with E-state index in [0.29, 0.717) is 0 Å². The van der Waals surface area contributed by atoms with Crippen molar-refractivity contribution in [1.82, 2.24) is 0 Å². The van der Waals surface area contributed by atoms with Gasteiger partial charge in [0.15, 0.2) is 11.5 Å². The second kappa shape index (κ2) is 7.92. The summed E-state index contributed by atoms with van der Waals surface area (Å²) in [5.74, 6) is -2.06. The van der Waals surface area contributed by atoms with Crippen molar-refractivity contribution in [3.05, 3.63) is 54.7 Å². The molecular formula is C18H18O6. The second-order valence-electron chi connectivity index (χ2n) is 5.12. The van der Waals surface area contributed by atoms with E-state index >= 15 is 0 Å². The molecule has 0 spiro atoms. The zero-order valence-electron chi connectivity index (χ0n) is 13.8. The third kappa shape index (κ3) is 5.24. The molecule has 0 atom stereocenters. The molecule has 0 bridgehead atoms. The molecule has 6 heteroatoms. The normalized spacial score (nSPS) is 9.62. The van der Waals surface area contributed by atoms with Crippen molar-refractivity contribution >= 4 is 17.9 Å². The highest BCUT2D eigenvalue weighted by Crippen LogP contribution is 2.33. The molecule has 0 aliphatic rings. The lowest BCUT2D eigenvalue weighted by Gasteiger charge is -2.12. The molecule has 0 saturated carbocycles. The second-order valence-corrected chi connectivity index (χ2v) is 5.12. The predicted molar refractivity (Wildman–Crippen MR) is 87.8 cm³/mol. The molecule has 0 radical (unpaired) electrons. The zero-order valence-corrected chi connectivity index (χ0v) is 13.8. The molecule has 0 saturated heterocycles. The van der Waals surface area contributed by atoms with E-state index in [9.17, 15) is 14.4 Å². The first-order valence-electron chi connectivity index (χ1n) is 6.89. The van der Waals surface area contributed by atoms with Gasteiger partial charge in [0.2, 0.25) is 0 Å². The zero-order chi connectivity index (χ0) is 18.4. The van der Waals surface area contributed by atoms with Crippen LogP contribution in [-0.2, 0) is 14.4 Å². The largest absolute Gasteiger partial charge is 0.423 e. The molecule has 1 rings (SSSR count). The van der Waals surface area contributed by atoms with Gasteiger partial charge in [0.25, 0.3) is 0 Å². The van der Waals surface area contributed by atoms with E-state index < -0.39 is 17.9 Å². The maximum absolute atomic E-state index is 11.7. The van der Waals surface area contributed by atoms with Crippen LogP contribution in [0.5, 0.6) is 17.2 Å². The molecular weight excluding hydrogens is 312 g/mol. The van der Waals surface area contributed by atoms with Gasteiger partial charge in [-0.3, -0.25) is 0 Å². The molecule has 1 aromatic rings. The van der Waals surface area contributed by atoms with Gasteiger partial charge in [0, 0.05) is 22.8 Å². The highest BCUT2D eigenvalue weighted by molar-refractivity contribution is 5.91. The molecule has 0 heterocycles. The van der Waals surface area contributed by atoms with Gasteiger partial charge < -0.3 is 14.2 Å². The van der Waals surface area contributed by atoms with Crippen molar-refractivity contribution in [2.24, 2.45) is 0 Å². The number of carbonyl (C=O) groups excluding carboxylic acids is 3. The molecule has 0 aliphatic heterocycles. The Bertz CT molecular complexity index is 742. The highest BCUT2D eigenvalue weighted by atomic mass is 16.6. The molecule has 0 amide bonds. The number of carbonyl (C=O) groups is 3. The number of hydrogen-bond donors (Lipinski definition) is 0. The Morgan fingerprint density at radius 2 is 1.12 bits per heavy atom. The van der Waals surface area contributed by atoms with Crippen LogP contribution in [0.15, 0.2) is 54.7 Å². The van der Waals surface area contributed by atoms with Crippen molar-refractivity contribution in [3.8, 4) is 17.2 Å². The average molecular weight is 330 g/mol. The molecule has 0 N–H and O–H groups in total. The van der Waals surface area contributed by atoms with Crippen LogP contribution < -0.4 is 14.2 Å². The lowest BCUT2D eigenvalue weighted by atomic mass is 10.2. The maximum atomic E-state index is 11.7. The number of ether oxygens (including phenoxy) is 3. The van der Waals surface area contributed by atoms with E-state index in [4.69, 9.17) is 14.2 Å². The number of rotatable bonds is 6. The lowest BCUT2D eigenvalue weighted by molar-refractivity contribution is -0.132. The molecule has 126 valence electrons. The van der Waals surface area contributed by atoms with Gasteiger partial charge in [-0.2, -0.15) is 0 Å². The maximum Gasteiger partial charge on any atom is 0.338 e. The van der Waals surface area contributed by atoms with Gasteiger partial charge in [-0.15, -0.1) is 0 Å². The molecule has 0 unspecified atom stereocenters. The summed E-state index contributed by atoms with van der Waals surface area (Å²) in [7, 11) is 0. The summed E-state index contributed by atoms with van der Waals surface area (Å²) in [6.45, 7) is 14.8. The molecule has 0 fully saturated rings. The molecule has 6 nitrogen and oxygen atoms in total. The van der Waals surface area contributed by atoms with Gasteiger partial charge in [-0.25, -0.2) is 14.4 Å². The van der Waals surface area contributed by atoms with E-state index in [2.05, 4.69) is 19.7 Å². The first-order valence-corrected chi connectivity index (χ1v) is 6.89. The van der Waals surface area contributed by atoms with Crippen molar-refractivity contribution in [1.29, 1.82) is 0 Å². The van der Waals surface area contributed by atoms with Gasteiger partial charge in [-0.1, -0.05) is 19.7 Å². The van der Waals surface area contributed by atoms with Crippen molar-refractivity contribution < 1.29 is 28.6 Å². The van der Waals surface area contributed by atoms with Gasteiger partial charge in [-0.05, 0) is 32.9 Å². The fourth-order valence-corrected chi connectivity index (χ4v) is 1.28. The fourth-order valence-electron chi connectivity index (χ4n) is 1.28. The van der Waals surface area contributed by atoms with Crippen LogP contribution in [0.2, 0.25) is 0 Å². The summed E-state index contributed by atoms with van der Waals surface area (Å²) >= 11 is 0. The minimum atomic E-state index is -0.717. The van der Waals surface area contributed by atoms with E-state index in [1.165, 1.54) is 39.0 Å². The van der Waals surface area contributed by atoms with E-state index in [1.807, 2.05) is 0 Å². The Morgan fingerprint density at radius 3 is 1.58 bits per heavy atom. The third-order valence-corrected chi connectivity index (χ3v) is 2.58. The first kappa shape index (κ1) is 18.9. The molecule has 24 heavy (non-hydrogen) atoms. The van der Waals surface area contributed by atoms with E-state index in [-0.39, 0.29) is 34.0 Å². The summed E-state index contributed by atoms with van der Waals surface area (Å²) in [5, 5.41) is 0. The molecule has 1 aromatic carbocycles. The topological polar surface area (TPSA) is 78.9 Å². The summed E-state index contributed by atoms with van der Waals surface area (Å²) in [6.07, 6.45) is 0. The number of benzene rings is 1. The Morgan fingerprint density at radius 1 is 0.708 bits per heavy atom. The Balaban J connectivity index is 3.18. The van der Waals surface area contributed by atoms with Crippen molar-refractivity contribution in [2.45, 2.75) is 20.8 Å². The van der Waals surface area contributed by atoms with Crippen LogP contribution in [0.1, 0.15) is 20.8 Å². The summed E-state index contributed by atoms with van der Waals surface area (Å²) in [5.41, 5.74) is 0.523. The minimum absolute atomic E-state index is 0.0206. The minimum Gasteiger partial charge on any atom is -0.423 e. The lowest BCUT2D eigenvalue weighted by Crippen LogP contribution is -2.13. The number of esters is 3. The predicted octanol–water partition coefficient (Wildman–Crippen LogP) is 3.13. The van der Waals surface area contributed by atoms with Crippen LogP contribution in [0.25, 0.3) is 0 Å². The standard InChI is InChI=1S/C18H18O6/c1-10(2)16(19)22-13-7-8-14(23-17(20)11(3)4)15(9-13)24-18(21)12(5)6/h7-9H,1,3,5H2,2,4,6H3. The van der Waals surface area contributed by atoms with Gasteiger partial charge in [0.1, 0.15) is 5.75 Å². The Hall–Kier alpha value is -3.15. The van der Waals surface area contributed by atoms with Crippen LogP contribution in [0.4, 0.5) is 0 Å². The monoisotopic (exact) mass is 330 g/mol. The Kier molecular flexibility index (Phi) is 6.23. The third-order valence-electron chi connectivity index (χ3n) is 2.58. The highest BCUT2D eigenvalue weighted by Gasteiger charge is 2.17. The SMILES string of the molecule is C=C(C)C(=O)Oc1ccc(OC(=O)C(=C)C)c(OC(=O)C(=C)C)c1. The van der Waals surface area contributed by atoms with Crippen LogP contribution in [-0.4, -0.2) is 17.9 Å². The summed E-state index contributed by atoms with van der Waals surface area (Å²) in [4.78, 5) is 34.9. The summed E-state index contributed by atoms with van der Waals surface area (Å²) in [6, 6.07) is 3.98. The quantitative estimate of drug-likeness (QED) is 0.453. The van der Waals surface area contributed by atoms with Gasteiger partial charge in [0.05, 0.1) is 0 Å². The van der Waals surface area contributed by atoms with E-state index in [1.54, 1.807) is 0 Å². The first-order chi connectivity index (χ1) is 11.1. The smallest absolute Gasteiger partial charge is 0.338 e. The van der Waals surface area contributed by atoms with E-state index in [0.717, 1.165) is 0 Å². The number of hydrogen-bond acceptors (Lipinski definition) is 6. The van der Waals surface area contributed by atoms with Crippen LogP contribution in [0, 0.1) is 0 Å². The molecule has 0 aromatic heterocycles.